The van der Waals surface area contributed by atoms with E-state index in [1.54, 1.807) is 6.20 Å². The Hall–Kier alpha value is -5.54. The van der Waals surface area contributed by atoms with E-state index in [1.165, 1.54) is 11.1 Å². The van der Waals surface area contributed by atoms with Crippen LogP contribution in [0, 0.1) is 0 Å². The maximum Gasteiger partial charge on any atom is 0.326 e. The highest BCUT2D eigenvalue weighted by Crippen LogP contribution is 2.34. The lowest BCUT2D eigenvalue weighted by Gasteiger charge is -2.29. The van der Waals surface area contributed by atoms with Crippen LogP contribution in [0.15, 0.2) is 109 Å². The topological polar surface area (TPSA) is 99.5 Å². The second-order valence-electron chi connectivity index (χ2n) is 11.8. The lowest BCUT2D eigenvalue weighted by molar-refractivity contribution is 0.256. The average Bonchev–Trinajstić information content (AvgIpc) is 3.78. The summed E-state index contributed by atoms with van der Waals surface area (Å²) in [6.07, 6.45) is 6.83. The van der Waals surface area contributed by atoms with Crippen LogP contribution in [0.5, 0.6) is 0 Å². The zero-order chi connectivity index (χ0) is 30.9. The molecule has 2 aliphatic rings. The Morgan fingerprint density at radius 3 is 2.72 bits per heavy atom. The monoisotopic (exact) mass is 606 g/mol. The Morgan fingerprint density at radius 1 is 0.891 bits per heavy atom. The number of imidazole rings is 1. The van der Waals surface area contributed by atoms with Crippen molar-refractivity contribution < 1.29 is 4.79 Å². The standard InChI is InChI=1S/C37H34N8O/c46-37(44-21-7-11-25-8-1-2-14-32(25)44)41-30-13-6-10-27(23-30)34-35(45-20-4-3-15-33(45)43-34)31-17-19-39-36(42-31)40-29-12-5-9-26(22-29)28-16-18-38-24-28/h1-6,8-10,12-15,17,19-20,22-23,28,38H,7,11,16,18,21,24H2,(H,41,46)(H,39,40,42). The van der Waals surface area contributed by atoms with Gasteiger partial charge in [0.15, 0.2) is 0 Å². The quantitative estimate of drug-likeness (QED) is 0.185. The SMILES string of the molecule is O=C(Nc1cccc(-c2nc3ccccn3c2-c2ccnc(Nc3cccc(C4CCNC4)c3)n2)c1)N1CCCc2ccccc21. The molecule has 3 aromatic heterocycles. The van der Waals surface area contributed by atoms with Gasteiger partial charge in [-0.15, -0.1) is 0 Å². The highest BCUT2D eigenvalue weighted by molar-refractivity contribution is 6.03. The number of nitrogens with zero attached hydrogens (tertiary/aromatic N) is 5. The van der Waals surface area contributed by atoms with Crippen LogP contribution in [0.3, 0.4) is 0 Å². The third kappa shape index (κ3) is 5.46. The van der Waals surface area contributed by atoms with Crippen LogP contribution in [0.2, 0.25) is 0 Å². The number of urea groups is 1. The number of hydrogen-bond acceptors (Lipinski definition) is 6. The summed E-state index contributed by atoms with van der Waals surface area (Å²) < 4.78 is 2.05. The molecule has 9 heteroatoms. The largest absolute Gasteiger partial charge is 0.326 e. The maximum atomic E-state index is 13.5. The summed E-state index contributed by atoms with van der Waals surface area (Å²) in [5, 5.41) is 10.0. The van der Waals surface area contributed by atoms with Gasteiger partial charge in [0.25, 0.3) is 0 Å². The number of carbonyl (C=O) groups excluding carboxylic acids is 1. The smallest absolute Gasteiger partial charge is 0.324 e. The molecule has 1 atom stereocenters. The summed E-state index contributed by atoms with van der Waals surface area (Å²) in [4.78, 5) is 29.8. The van der Waals surface area contributed by atoms with Crippen molar-refractivity contribution in [1.29, 1.82) is 0 Å². The first-order valence-electron chi connectivity index (χ1n) is 15.8. The lowest BCUT2D eigenvalue weighted by atomic mass is 9.98. The summed E-state index contributed by atoms with van der Waals surface area (Å²) in [6, 6.07) is 32.2. The molecule has 1 saturated heterocycles. The Bertz CT molecular complexity index is 2050. The second kappa shape index (κ2) is 12.1. The lowest BCUT2D eigenvalue weighted by Crippen LogP contribution is -2.38. The molecule has 2 amide bonds. The fraction of sp³-hybridized carbons (Fsp3) is 0.189. The number of amides is 2. The number of aromatic nitrogens is 4. The zero-order valence-corrected chi connectivity index (χ0v) is 25.4. The highest BCUT2D eigenvalue weighted by atomic mass is 16.2. The van der Waals surface area contributed by atoms with Gasteiger partial charge in [0.2, 0.25) is 5.95 Å². The average molecular weight is 607 g/mol. The minimum Gasteiger partial charge on any atom is -0.324 e. The Labute approximate surface area is 267 Å². The van der Waals surface area contributed by atoms with Gasteiger partial charge in [0.1, 0.15) is 5.65 Å². The molecule has 0 saturated carbocycles. The first kappa shape index (κ1) is 28.0. The molecule has 228 valence electrons. The maximum absolute atomic E-state index is 13.5. The Kier molecular flexibility index (Phi) is 7.36. The van der Waals surface area contributed by atoms with E-state index in [0.717, 1.165) is 72.0 Å². The normalized spacial score (nSPS) is 15.9. The van der Waals surface area contributed by atoms with Gasteiger partial charge in [-0.05, 0) is 91.4 Å². The van der Waals surface area contributed by atoms with Gasteiger partial charge in [-0.3, -0.25) is 9.30 Å². The number of fused-ring (bicyclic) bond motifs is 2. The molecule has 0 aliphatic carbocycles. The number of carbonyl (C=O) groups is 1. The molecular formula is C37H34N8O. The van der Waals surface area contributed by atoms with E-state index in [1.807, 2.05) is 88.3 Å². The predicted molar refractivity (Wildman–Crippen MR) is 183 cm³/mol. The molecule has 2 aliphatic heterocycles. The number of nitrogens with one attached hydrogen (secondary N) is 3. The number of anilines is 4. The number of benzene rings is 3. The molecule has 0 spiro atoms. The van der Waals surface area contributed by atoms with E-state index in [0.29, 0.717) is 24.1 Å². The molecule has 8 rings (SSSR count). The van der Waals surface area contributed by atoms with Crippen molar-refractivity contribution in [3.63, 3.8) is 0 Å². The molecular weight excluding hydrogens is 572 g/mol. The third-order valence-electron chi connectivity index (χ3n) is 8.85. The van der Waals surface area contributed by atoms with E-state index < -0.39 is 0 Å². The van der Waals surface area contributed by atoms with Crippen LogP contribution >= 0.6 is 0 Å². The molecule has 0 radical (unpaired) electrons. The van der Waals surface area contributed by atoms with E-state index in [2.05, 4.69) is 45.2 Å². The van der Waals surface area contributed by atoms with Crippen LogP contribution in [0.1, 0.15) is 29.9 Å². The van der Waals surface area contributed by atoms with Gasteiger partial charge in [-0.25, -0.2) is 19.7 Å². The first-order valence-corrected chi connectivity index (χ1v) is 15.8. The predicted octanol–water partition coefficient (Wildman–Crippen LogP) is 7.26. The van der Waals surface area contributed by atoms with Crippen molar-refractivity contribution in [3.05, 3.63) is 121 Å². The molecule has 46 heavy (non-hydrogen) atoms. The highest BCUT2D eigenvalue weighted by Gasteiger charge is 2.23. The zero-order valence-electron chi connectivity index (χ0n) is 25.4. The van der Waals surface area contributed by atoms with Crippen LogP contribution in [0.25, 0.3) is 28.3 Å². The Morgan fingerprint density at radius 2 is 1.78 bits per heavy atom. The van der Waals surface area contributed by atoms with Crippen molar-refractivity contribution >= 4 is 34.7 Å². The summed E-state index contributed by atoms with van der Waals surface area (Å²) in [7, 11) is 0. The molecule has 0 bridgehead atoms. The molecule has 6 aromatic rings. The van der Waals surface area contributed by atoms with Gasteiger partial charge in [-0.2, -0.15) is 0 Å². The molecule has 9 nitrogen and oxygen atoms in total. The second-order valence-corrected chi connectivity index (χ2v) is 11.8. The van der Waals surface area contributed by atoms with Crippen molar-refractivity contribution in [1.82, 2.24) is 24.7 Å². The van der Waals surface area contributed by atoms with Crippen LogP contribution in [0.4, 0.5) is 27.8 Å². The number of hydrogen-bond donors (Lipinski definition) is 3. The van der Waals surface area contributed by atoms with Gasteiger partial charge < -0.3 is 16.0 Å². The van der Waals surface area contributed by atoms with E-state index in [9.17, 15) is 4.79 Å². The number of para-hydroxylation sites is 1. The molecule has 3 aromatic carbocycles. The van der Waals surface area contributed by atoms with E-state index >= 15 is 0 Å². The fourth-order valence-corrected chi connectivity index (χ4v) is 6.61. The van der Waals surface area contributed by atoms with Crippen molar-refractivity contribution in [3.8, 4) is 22.6 Å². The van der Waals surface area contributed by atoms with Gasteiger partial charge in [0.05, 0.1) is 17.1 Å². The number of aryl methyl sites for hydroxylation is 1. The summed E-state index contributed by atoms with van der Waals surface area (Å²) in [5.41, 5.74) is 9.18. The van der Waals surface area contributed by atoms with Gasteiger partial charge in [-0.1, -0.05) is 48.5 Å². The van der Waals surface area contributed by atoms with Crippen LogP contribution in [-0.4, -0.2) is 45.0 Å². The molecule has 5 heterocycles. The summed E-state index contributed by atoms with van der Waals surface area (Å²) in [6.45, 7) is 2.74. The Balaban J connectivity index is 1.11. The van der Waals surface area contributed by atoms with E-state index in [4.69, 9.17) is 9.97 Å². The van der Waals surface area contributed by atoms with Crippen molar-refractivity contribution in [2.45, 2.75) is 25.2 Å². The van der Waals surface area contributed by atoms with Gasteiger partial charge >= 0.3 is 6.03 Å². The minimum atomic E-state index is -0.140. The number of pyridine rings is 1. The molecule has 3 N–H and O–H groups in total. The van der Waals surface area contributed by atoms with Crippen LogP contribution in [-0.2, 0) is 6.42 Å². The summed E-state index contributed by atoms with van der Waals surface area (Å²) >= 11 is 0. The van der Waals surface area contributed by atoms with Gasteiger partial charge in [0, 0.05) is 48.1 Å². The van der Waals surface area contributed by atoms with Crippen LogP contribution < -0.4 is 20.9 Å². The van der Waals surface area contributed by atoms with E-state index in [-0.39, 0.29) is 6.03 Å². The van der Waals surface area contributed by atoms with Crippen molar-refractivity contribution in [2.75, 3.05) is 35.2 Å². The third-order valence-corrected chi connectivity index (χ3v) is 8.85. The molecule has 1 unspecified atom stereocenters. The number of rotatable bonds is 6. The van der Waals surface area contributed by atoms with Crippen molar-refractivity contribution in [2.24, 2.45) is 0 Å². The summed E-state index contributed by atoms with van der Waals surface area (Å²) in [5.74, 6) is 1.03. The molecule has 1 fully saturated rings. The minimum absolute atomic E-state index is 0.140. The first-order chi connectivity index (χ1) is 22.7. The fourth-order valence-electron chi connectivity index (χ4n) is 6.61.